The van der Waals surface area contributed by atoms with Crippen LogP contribution in [0.15, 0.2) is 54.6 Å². The molecule has 2 aromatic rings. The number of rotatable bonds is 6. The maximum Gasteiger partial charge on any atom is 0.251 e. The van der Waals surface area contributed by atoms with Crippen molar-refractivity contribution < 1.29 is 14.4 Å². The number of Topliss-reactive ketones (excluding diaryl/α,β-unsaturated/α-hetero) is 1. The monoisotopic (exact) mass is 310 g/mol. The van der Waals surface area contributed by atoms with E-state index >= 15 is 0 Å². The highest BCUT2D eigenvalue weighted by Crippen LogP contribution is 2.11. The first-order valence-electron chi connectivity index (χ1n) is 7.30. The van der Waals surface area contributed by atoms with Crippen molar-refractivity contribution in [3.8, 4) is 0 Å². The van der Waals surface area contributed by atoms with Crippen molar-refractivity contribution in [2.24, 2.45) is 0 Å². The first kappa shape index (κ1) is 16.4. The van der Waals surface area contributed by atoms with Crippen LogP contribution in [0, 0.1) is 0 Å². The molecular formula is C18H18N2O3. The lowest BCUT2D eigenvalue weighted by Gasteiger charge is -2.06. The van der Waals surface area contributed by atoms with Crippen LogP contribution < -0.4 is 10.6 Å². The molecular weight excluding hydrogens is 292 g/mol. The molecule has 2 rings (SSSR count). The Morgan fingerprint density at radius 2 is 1.48 bits per heavy atom. The quantitative estimate of drug-likeness (QED) is 0.805. The minimum absolute atomic E-state index is 0.0595. The maximum absolute atomic E-state index is 11.9. The smallest absolute Gasteiger partial charge is 0.251 e. The summed E-state index contributed by atoms with van der Waals surface area (Å²) in [6, 6.07) is 15.5. The molecule has 0 atom stereocenters. The fourth-order valence-corrected chi connectivity index (χ4v) is 2.07. The van der Waals surface area contributed by atoms with E-state index in [1.165, 1.54) is 0 Å². The summed E-state index contributed by atoms with van der Waals surface area (Å²) in [7, 11) is 1.56. The molecule has 2 N–H and O–H groups in total. The number of hydrogen-bond acceptors (Lipinski definition) is 3. The largest absolute Gasteiger partial charge is 0.355 e. The molecule has 0 saturated carbocycles. The highest BCUT2D eigenvalue weighted by molar-refractivity contribution is 6.00. The zero-order valence-corrected chi connectivity index (χ0v) is 12.8. The van der Waals surface area contributed by atoms with Crippen LogP contribution in [0.25, 0.3) is 0 Å². The third kappa shape index (κ3) is 4.78. The predicted octanol–water partition coefficient (Wildman–Crippen LogP) is 2.65. The molecule has 5 nitrogen and oxygen atoms in total. The number of carbonyl (C=O) groups excluding carboxylic acids is 3. The number of carbonyl (C=O) groups is 3. The van der Waals surface area contributed by atoms with Crippen LogP contribution in [-0.4, -0.2) is 24.6 Å². The van der Waals surface area contributed by atoms with E-state index < -0.39 is 0 Å². The Labute approximate surface area is 134 Å². The Bertz CT molecular complexity index is 694. The zero-order valence-electron chi connectivity index (χ0n) is 12.8. The Morgan fingerprint density at radius 3 is 2.09 bits per heavy atom. The average Bonchev–Trinajstić information content (AvgIpc) is 2.60. The third-order valence-electron chi connectivity index (χ3n) is 3.33. The molecule has 118 valence electrons. The van der Waals surface area contributed by atoms with Crippen LogP contribution in [0.1, 0.15) is 33.6 Å². The molecule has 0 bridgehead atoms. The minimum Gasteiger partial charge on any atom is -0.355 e. The van der Waals surface area contributed by atoms with Crippen LogP contribution in [0.3, 0.4) is 0 Å². The lowest BCUT2D eigenvalue weighted by Crippen LogP contribution is -2.18. The third-order valence-corrected chi connectivity index (χ3v) is 3.33. The predicted molar refractivity (Wildman–Crippen MR) is 88.5 cm³/mol. The van der Waals surface area contributed by atoms with Crippen molar-refractivity contribution in [2.75, 3.05) is 12.4 Å². The molecule has 0 unspecified atom stereocenters. The van der Waals surface area contributed by atoms with Crippen molar-refractivity contribution in [3.63, 3.8) is 0 Å². The van der Waals surface area contributed by atoms with Gasteiger partial charge in [0.05, 0.1) is 0 Å². The molecule has 23 heavy (non-hydrogen) atoms. The van der Waals surface area contributed by atoms with Crippen molar-refractivity contribution in [3.05, 3.63) is 65.7 Å². The molecule has 0 spiro atoms. The van der Waals surface area contributed by atoms with Crippen LogP contribution in [0.2, 0.25) is 0 Å². The number of hydrogen-bond donors (Lipinski definition) is 2. The molecule has 0 aliphatic carbocycles. The molecule has 0 aliphatic rings. The number of anilines is 1. The van der Waals surface area contributed by atoms with Gasteiger partial charge in [0.1, 0.15) is 0 Å². The van der Waals surface area contributed by atoms with Gasteiger partial charge >= 0.3 is 0 Å². The van der Waals surface area contributed by atoms with Crippen LogP contribution in [0.5, 0.6) is 0 Å². The van der Waals surface area contributed by atoms with Gasteiger partial charge in [0, 0.05) is 36.7 Å². The van der Waals surface area contributed by atoms with E-state index in [9.17, 15) is 14.4 Å². The average molecular weight is 310 g/mol. The topological polar surface area (TPSA) is 75.3 Å². The first-order valence-corrected chi connectivity index (χ1v) is 7.30. The van der Waals surface area contributed by atoms with Crippen molar-refractivity contribution in [1.29, 1.82) is 0 Å². The summed E-state index contributed by atoms with van der Waals surface area (Å²) in [6.07, 6.45) is 0.275. The molecule has 0 fully saturated rings. The summed E-state index contributed by atoms with van der Waals surface area (Å²) in [5.41, 5.74) is 1.72. The van der Waals surface area contributed by atoms with Crippen LogP contribution >= 0.6 is 0 Å². The Morgan fingerprint density at radius 1 is 0.826 bits per heavy atom. The van der Waals surface area contributed by atoms with Crippen LogP contribution in [-0.2, 0) is 4.79 Å². The van der Waals surface area contributed by atoms with Crippen molar-refractivity contribution >= 4 is 23.3 Å². The first-order chi connectivity index (χ1) is 11.1. The summed E-state index contributed by atoms with van der Waals surface area (Å²) >= 11 is 0. The van der Waals surface area contributed by atoms with E-state index in [1.54, 1.807) is 55.6 Å². The van der Waals surface area contributed by atoms with Gasteiger partial charge in [-0.05, 0) is 24.3 Å². The van der Waals surface area contributed by atoms with Crippen LogP contribution in [0.4, 0.5) is 5.69 Å². The van der Waals surface area contributed by atoms with E-state index in [0.717, 1.165) is 0 Å². The molecule has 0 saturated heterocycles. The van der Waals surface area contributed by atoms with Crippen molar-refractivity contribution in [2.45, 2.75) is 12.8 Å². The standard InChI is InChI=1S/C18H18N2O3/c1-19-18(23)14-7-9-15(10-8-14)20-17(22)12-11-16(21)13-5-3-2-4-6-13/h2-10H,11-12H2,1H3,(H,19,23)(H,20,22). The number of amides is 2. The Kier molecular flexibility index (Phi) is 5.63. The Balaban J connectivity index is 1.85. The summed E-state index contributed by atoms with van der Waals surface area (Å²) in [4.78, 5) is 35.2. The van der Waals surface area contributed by atoms with Gasteiger partial charge < -0.3 is 10.6 Å². The second kappa shape index (κ2) is 7.89. The lowest BCUT2D eigenvalue weighted by atomic mass is 10.1. The van der Waals surface area contributed by atoms with E-state index in [0.29, 0.717) is 16.8 Å². The fraction of sp³-hybridized carbons (Fsp3) is 0.167. The van der Waals surface area contributed by atoms with Gasteiger partial charge in [0.25, 0.3) is 5.91 Å². The molecule has 0 heterocycles. The zero-order chi connectivity index (χ0) is 16.7. The molecule has 2 amide bonds. The van der Waals surface area contributed by atoms with Gasteiger partial charge in [0.2, 0.25) is 5.91 Å². The SMILES string of the molecule is CNC(=O)c1ccc(NC(=O)CCC(=O)c2ccccc2)cc1. The van der Waals surface area contributed by atoms with E-state index in [1.807, 2.05) is 6.07 Å². The summed E-state index contributed by atoms with van der Waals surface area (Å²) < 4.78 is 0. The molecule has 5 heteroatoms. The molecule has 0 aliphatic heterocycles. The van der Waals surface area contributed by atoms with E-state index in [2.05, 4.69) is 10.6 Å². The van der Waals surface area contributed by atoms with Gasteiger partial charge in [-0.2, -0.15) is 0 Å². The van der Waals surface area contributed by atoms with Gasteiger partial charge in [-0.15, -0.1) is 0 Å². The van der Waals surface area contributed by atoms with Gasteiger partial charge in [0.15, 0.2) is 5.78 Å². The maximum atomic E-state index is 11.9. The highest BCUT2D eigenvalue weighted by atomic mass is 16.2. The molecule has 0 aromatic heterocycles. The molecule has 2 aromatic carbocycles. The number of benzene rings is 2. The summed E-state index contributed by atoms with van der Waals surface area (Å²) in [6.45, 7) is 0. The van der Waals surface area contributed by atoms with E-state index in [-0.39, 0.29) is 30.4 Å². The fourth-order valence-electron chi connectivity index (χ4n) is 2.07. The highest BCUT2D eigenvalue weighted by Gasteiger charge is 2.09. The van der Waals surface area contributed by atoms with Gasteiger partial charge in [-0.1, -0.05) is 30.3 Å². The second-order valence-electron chi connectivity index (χ2n) is 4.99. The van der Waals surface area contributed by atoms with Gasteiger partial charge in [-0.25, -0.2) is 0 Å². The van der Waals surface area contributed by atoms with E-state index in [4.69, 9.17) is 0 Å². The summed E-state index contributed by atoms with van der Waals surface area (Å²) in [5, 5.41) is 5.24. The summed E-state index contributed by atoms with van der Waals surface area (Å²) in [5.74, 6) is -0.478. The Hall–Kier alpha value is -2.95. The number of nitrogens with one attached hydrogen (secondary N) is 2. The number of ketones is 1. The lowest BCUT2D eigenvalue weighted by molar-refractivity contribution is -0.116. The second-order valence-corrected chi connectivity index (χ2v) is 4.99. The normalized spacial score (nSPS) is 9.96. The molecule has 0 radical (unpaired) electrons. The van der Waals surface area contributed by atoms with Gasteiger partial charge in [-0.3, -0.25) is 14.4 Å². The minimum atomic E-state index is -0.234. The van der Waals surface area contributed by atoms with Crippen molar-refractivity contribution in [1.82, 2.24) is 5.32 Å².